The molecule has 0 aromatic heterocycles. The zero-order valence-corrected chi connectivity index (χ0v) is 28.9. The van der Waals surface area contributed by atoms with Crippen LogP contribution in [-0.2, 0) is 32.6 Å². The van der Waals surface area contributed by atoms with Crippen LogP contribution in [0.15, 0.2) is 144 Å². The molecule has 1 atom stereocenters. The van der Waals surface area contributed by atoms with E-state index in [1.54, 1.807) is 72.8 Å². The Bertz CT molecular complexity index is 2010. The number of benzene rings is 5. The number of halogens is 1. The maximum Gasteiger partial charge on any atom is 0.264 e. The van der Waals surface area contributed by atoms with Gasteiger partial charge in [-0.2, -0.15) is 0 Å². The molecule has 51 heavy (non-hydrogen) atoms. The summed E-state index contributed by atoms with van der Waals surface area (Å²) in [6, 6.07) is 37.7. The van der Waals surface area contributed by atoms with Crippen LogP contribution in [-0.4, -0.2) is 43.8 Å². The van der Waals surface area contributed by atoms with Crippen LogP contribution >= 0.6 is 0 Å². The maximum absolute atomic E-state index is 15.2. The second-order valence-corrected chi connectivity index (χ2v) is 14.4. The van der Waals surface area contributed by atoms with Gasteiger partial charge in [-0.3, -0.25) is 13.9 Å². The van der Waals surface area contributed by atoms with Crippen LogP contribution in [0.3, 0.4) is 0 Å². The normalized spacial score (nSPS) is 13.7. The number of ether oxygens (including phenoxy) is 1. The summed E-state index contributed by atoms with van der Waals surface area (Å²) in [7, 11) is -4.29. The highest BCUT2D eigenvalue weighted by Crippen LogP contribution is 2.29. The molecule has 5 aromatic rings. The molecular weight excluding hydrogens is 666 g/mol. The van der Waals surface area contributed by atoms with Gasteiger partial charge in [-0.25, -0.2) is 12.8 Å². The van der Waals surface area contributed by atoms with Gasteiger partial charge in [-0.05, 0) is 73.0 Å². The van der Waals surface area contributed by atoms with Gasteiger partial charge < -0.3 is 15.0 Å². The van der Waals surface area contributed by atoms with E-state index in [1.807, 2.05) is 48.5 Å². The van der Waals surface area contributed by atoms with E-state index in [1.165, 1.54) is 23.1 Å². The first-order valence-electron chi connectivity index (χ1n) is 17.1. The Morgan fingerprint density at radius 1 is 0.745 bits per heavy atom. The number of nitrogens with one attached hydrogen (secondary N) is 1. The molecule has 0 saturated heterocycles. The van der Waals surface area contributed by atoms with Crippen molar-refractivity contribution < 1.29 is 27.1 Å². The van der Waals surface area contributed by atoms with Crippen molar-refractivity contribution in [2.75, 3.05) is 10.8 Å². The fourth-order valence-electron chi connectivity index (χ4n) is 6.29. The highest BCUT2D eigenvalue weighted by molar-refractivity contribution is 7.92. The number of sulfonamides is 1. The smallest absolute Gasteiger partial charge is 0.264 e. The highest BCUT2D eigenvalue weighted by atomic mass is 32.2. The largest absolute Gasteiger partial charge is 0.457 e. The number of nitrogens with zero attached hydrogens (tertiary/aromatic N) is 2. The predicted molar refractivity (Wildman–Crippen MR) is 195 cm³/mol. The van der Waals surface area contributed by atoms with Crippen LogP contribution in [0.25, 0.3) is 0 Å². The number of amides is 2. The molecule has 0 spiro atoms. The van der Waals surface area contributed by atoms with Gasteiger partial charge >= 0.3 is 0 Å². The molecule has 5 aromatic carbocycles. The molecule has 1 aliphatic rings. The molecule has 0 heterocycles. The molecule has 2 amide bonds. The van der Waals surface area contributed by atoms with Gasteiger partial charge in [0.25, 0.3) is 10.0 Å². The summed E-state index contributed by atoms with van der Waals surface area (Å²) < 4.78 is 50.7. The third kappa shape index (κ3) is 9.01. The van der Waals surface area contributed by atoms with Crippen LogP contribution in [0.1, 0.15) is 36.8 Å². The molecule has 1 aliphatic carbocycles. The first-order valence-corrected chi connectivity index (χ1v) is 18.5. The Kier molecular flexibility index (Phi) is 11.4. The Labute approximate surface area is 298 Å². The van der Waals surface area contributed by atoms with Gasteiger partial charge in [-0.1, -0.05) is 97.8 Å². The number of carbonyl (C=O) groups is 2. The molecule has 0 radical (unpaired) electrons. The summed E-state index contributed by atoms with van der Waals surface area (Å²) in [5.41, 5.74) is 1.23. The SMILES string of the molecule is O=C(NC1CCCC1)[C@@H](Cc1ccccc1)N(Cc1ccccc1F)C(=O)CN(c1ccc(Oc2ccccc2)cc1)S(=O)(=O)c1ccccc1. The van der Waals surface area contributed by atoms with E-state index in [0.29, 0.717) is 11.5 Å². The van der Waals surface area contributed by atoms with Crippen LogP contribution in [0.2, 0.25) is 0 Å². The monoisotopic (exact) mass is 705 g/mol. The number of rotatable bonds is 14. The third-order valence-corrected chi connectivity index (χ3v) is 10.8. The summed E-state index contributed by atoms with van der Waals surface area (Å²) >= 11 is 0. The van der Waals surface area contributed by atoms with Crippen LogP contribution in [0.4, 0.5) is 10.1 Å². The zero-order valence-electron chi connectivity index (χ0n) is 28.1. The second-order valence-electron chi connectivity index (χ2n) is 12.5. The van der Waals surface area contributed by atoms with Crippen LogP contribution < -0.4 is 14.4 Å². The first-order chi connectivity index (χ1) is 24.8. The van der Waals surface area contributed by atoms with Gasteiger partial charge in [0.1, 0.15) is 29.9 Å². The summed E-state index contributed by atoms with van der Waals surface area (Å²) in [5.74, 6) is -0.479. The molecule has 1 fully saturated rings. The van der Waals surface area contributed by atoms with Crippen LogP contribution in [0.5, 0.6) is 11.5 Å². The van der Waals surface area contributed by atoms with Crippen LogP contribution in [0, 0.1) is 5.82 Å². The van der Waals surface area contributed by atoms with Crippen molar-refractivity contribution in [3.05, 3.63) is 156 Å². The lowest BCUT2D eigenvalue weighted by atomic mass is 10.0. The average molecular weight is 706 g/mol. The minimum absolute atomic E-state index is 0.0112. The predicted octanol–water partition coefficient (Wildman–Crippen LogP) is 7.51. The number of hydrogen-bond acceptors (Lipinski definition) is 5. The minimum atomic E-state index is -4.29. The van der Waals surface area contributed by atoms with Crippen molar-refractivity contribution in [3.8, 4) is 11.5 Å². The molecular formula is C41H40FN3O5S. The Morgan fingerprint density at radius 2 is 1.31 bits per heavy atom. The van der Waals surface area contributed by atoms with E-state index < -0.39 is 34.3 Å². The average Bonchev–Trinajstić information content (AvgIpc) is 3.67. The van der Waals surface area contributed by atoms with Crippen molar-refractivity contribution in [1.29, 1.82) is 0 Å². The fraction of sp³-hybridized carbons (Fsp3) is 0.220. The lowest BCUT2D eigenvalue weighted by Gasteiger charge is -2.34. The zero-order chi connectivity index (χ0) is 35.6. The van der Waals surface area contributed by atoms with Gasteiger partial charge in [0.05, 0.1) is 10.6 Å². The quantitative estimate of drug-likeness (QED) is 0.129. The van der Waals surface area contributed by atoms with Crippen molar-refractivity contribution in [2.45, 2.75) is 55.6 Å². The Balaban J connectivity index is 1.38. The third-order valence-electron chi connectivity index (χ3n) is 8.98. The van der Waals surface area contributed by atoms with E-state index in [9.17, 15) is 18.0 Å². The lowest BCUT2D eigenvalue weighted by molar-refractivity contribution is -0.140. The van der Waals surface area contributed by atoms with Gasteiger partial charge in [0.15, 0.2) is 0 Å². The molecule has 1 saturated carbocycles. The molecule has 262 valence electrons. The van der Waals surface area contributed by atoms with Gasteiger partial charge in [-0.15, -0.1) is 0 Å². The van der Waals surface area contributed by atoms with Crippen molar-refractivity contribution in [3.63, 3.8) is 0 Å². The topological polar surface area (TPSA) is 96.0 Å². The Hall–Kier alpha value is -5.48. The van der Waals surface area contributed by atoms with Crippen molar-refractivity contribution >= 4 is 27.5 Å². The Morgan fingerprint density at radius 3 is 1.96 bits per heavy atom. The summed E-state index contributed by atoms with van der Waals surface area (Å²) in [6.07, 6.45) is 3.80. The van der Waals surface area contributed by atoms with Gasteiger partial charge in [0, 0.05) is 24.6 Å². The lowest BCUT2D eigenvalue weighted by Crippen LogP contribution is -2.54. The molecule has 1 N–H and O–H groups in total. The number of hydrogen-bond donors (Lipinski definition) is 1. The second kappa shape index (κ2) is 16.5. The molecule has 10 heteroatoms. The van der Waals surface area contributed by atoms with E-state index >= 15 is 4.39 Å². The molecule has 0 unspecified atom stereocenters. The van der Waals surface area contributed by atoms with Gasteiger partial charge in [0.2, 0.25) is 11.8 Å². The standard InChI is InChI=1S/C41H40FN3O5S/c42-38-23-13-10-16-32(38)29-44(39(28-31-14-4-1-5-15-31)41(47)43-33-17-11-12-18-33)40(46)30-45(51(48,49)37-21-8-3-9-22-37)34-24-26-36(27-25-34)50-35-19-6-2-7-20-35/h1-10,13-16,19-27,33,39H,11-12,17-18,28-30H2,(H,43,47)/t39-/m1/s1. The molecule has 0 bridgehead atoms. The van der Waals surface area contributed by atoms with E-state index in [0.717, 1.165) is 35.6 Å². The summed E-state index contributed by atoms with van der Waals surface area (Å²) in [4.78, 5) is 30.1. The minimum Gasteiger partial charge on any atom is -0.457 e. The summed E-state index contributed by atoms with van der Waals surface area (Å²) in [6.45, 7) is -0.892. The molecule has 6 rings (SSSR count). The molecule has 8 nitrogen and oxygen atoms in total. The highest BCUT2D eigenvalue weighted by Gasteiger charge is 2.36. The van der Waals surface area contributed by atoms with E-state index in [4.69, 9.17) is 4.74 Å². The number of anilines is 1. The number of carbonyl (C=O) groups excluding carboxylic acids is 2. The summed E-state index contributed by atoms with van der Waals surface area (Å²) in [5, 5.41) is 3.13. The fourth-order valence-corrected chi connectivity index (χ4v) is 7.72. The number of para-hydroxylation sites is 1. The van der Waals surface area contributed by atoms with Crippen molar-refractivity contribution in [2.24, 2.45) is 0 Å². The van der Waals surface area contributed by atoms with Crippen molar-refractivity contribution in [1.82, 2.24) is 10.2 Å². The van der Waals surface area contributed by atoms with E-state index in [2.05, 4.69) is 5.32 Å². The van der Waals surface area contributed by atoms with E-state index in [-0.39, 0.29) is 41.1 Å². The maximum atomic E-state index is 15.2. The molecule has 0 aliphatic heterocycles. The first kappa shape index (κ1) is 35.3.